The van der Waals surface area contributed by atoms with Crippen LogP contribution in [0.15, 0.2) is 72.1 Å². The molecule has 0 saturated heterocycles. The first-order valence-corrected chi connectivity index (χ1v) is 9.89. The number of nitrogens with zero attached hydrogens (tertiary/aromatic N) is 3. The number of rotatable bonds is 6. The van der Waals surface area contributed by atoms with Gasteiger partial charge in [-0.25, -0.2) is 8.42 Å². The van der Waals surface area contributed by atoms with Crippen molar-refractivity contribution in [2.24, 2.45) is 0 Å². The molecule has 0 aliphatic heterocycles. The Morgan fingerprint density at radius 2 is 1.42 bits per heavy atom. The molecule has 0 spiro atoms. The molecule has 134 valence electrons. The highest BCUT2D eigenvalue weighted by Crippen LogP contribution is 2.28. The van der Waals surface area contributed by atoms with Gasteiger partial charge in [-0.15, -0.1) is 0 Å². The summed E-state index contributed by atoms with van der Waals surface area (Å²) in [5.41, 5.74) is 1.56. The lowest BCUT2D eigenvalue weighted by atomic mass is 10.2. The molecule has 8 heteroatoms. The Bertz CT molecular complexity index is 942. The Morgan fingerprint density at radius 3 is 1.88 bits per heavy atom. The molecule has 0 atom stereocenters. The van der Waals surface area contributed by atoms with Crippen LogP contribution >= 0.6 is 23.2 Å². The van der Waals surface area contributed by atoms with Crippen LogP contribution in [-0.2, 0) is 23.1 Å². The van der Waals surface area contributed by atoms with Crippen molar-refractivity contribution in [2.75, 3.05) is 0 Å². The molecule has 0 unspecified atom stereocenters. The number of aromatic nitrogens is 2. The Hall–Kier alpha value is -1.99. The average molecular weight is 408 g/mol. The normalized spacial score (nSPS) is 11.7. The quantitative estimate of drug-likeness (QED) is 0.614. The van der Waals surface area contributed by atoms with Gasteiger partial charge >= 0.3 is 0 Å². The zero-order valence-corrected chi connectivity index (χ0v) is 15.9. The molecule has 0 N–H and O–H groups in total. The van der Waals surface area contributed by atoms with Crippen molar-refractivity contribution in [3.63, 3.8) is 0 Å². The summed E-state index contributed by atoms with van der Waals surface area (Å²) in [4.78, 5) is 8.19. The molecular weight excluding hydrogens is 393 g/mol. The van der Waals surface area contributed by atoms with Gasteiger partial charge in [-0.1, -0.05) is 35.3 Å². The molecule has 2 aromatic heterocycles. The highest BCUT2D eigenvalue weighted by Gasteiger charge is 2.26. The van der Waals surface area contributed by atoms with Gasteiger partial charge in [0.15, 0.2) is 0 Å². The molecule has 0 radical (unpaired) electrons. The van der Waals surface area contributed by atoms with E-state index in [-0.39, 0.29) is 23.0 Å². The summed E-state index contributed by atoms with van der Waals surface area (Å²) in [7, 11) is -3.80. The Morgan fingerprint density at radius 1 is 0.846 bits per heavy atom. The van der Waals surface area contributed by atoms with Crippen molar-refractivity contribution in [3.8, 4) is 0 Å². The van der Waals surface area contributed by atoms with Crippen LogP contribution < -0.4 is 0 Å². The van der Waals surface area contributed by atoms with Gasteiger partial charge in [0.2, 0.25) is 10.0 Å². The topological polar surface area (TPSA) is 63.2 Å². The van der Waals surface area contributed by atoms with Crippen LogP contribution in [0, 0.1) is 0 Å². The first kappa shape index (κ1) is 18.8. The van der Waals surface area contributed by atoms with Gasteiger partial charge in [-0.05, 0) is 41.5 Å². The summed E-state index contributed by atoms with van der Waals surface area (Å²) in [6.07, 6.45) is 6.56. The summed E-state index contributed by atoms with van der Waals surface area (Å²) in [5.74, 6) is 0. The van der Waals surface area contributed by atoms with Crippen molar-refractivity contribution in [1.82, 2.24) is 14.3 Å². The Balaban J connectivity index is 1.99. The van der Waals surface area contributed by atoms with E-state index in [1.54, 1.807) is 36.9 Å². The largest absolute Gasteiger partial charge is 0.264 e. The van der Waals surface area contributed by atoms with E-state index in [2.05, 4.69) is 9.97 Å². The highest BCUT2D eigenvalue weighted by atomic mass is 35.5. The SMILES string of the molecule is O=S(=O)(c1ccc(Cl)c(Cl)c1)N(Cc1cccnc1)Cc1cccnc1. The second kappa shape index (κ2) is 8.14. The lowest BCUT2D eigenvalue weighted by Crippen LogP contribution is -2.30. The maximum absolute atomic E-state index is 13.2. The minimum absolute atomic E-state index is 0.0830. The van der Waals surface area contributed by atoms with Gasteiger partial charge in [-0.3, -0.25) is 9.97 Å². The molecular formula is C18H15Cl2N3O2S. The lowest BCUT2D eigenvalue weighted by Gasteiger charge is -2.22. The molecule has 3 aromatic rings. The maximum Gasteiger partial charge on any atom is 0.243 e. The van der Waals surface area contributed by atoms with Crippen LogP contribution in [0.2, 0.25) is 10.0 Å². The van der Waals surface area contributed by atoms with Gasteiger partial charge < -0.3 is 0 Å². The summed E-state index contributed by atoms with van der Waals surface area (Å²) >= 11 is 11.9. The summed E-state index contributed by atoms with van der Waals surface area (Å²) in [5, 5.41) is 0.493. The second-order valence-corrected chi connectivity index (χ2v) is 8.32. The van der Waals surface area contributed by atoms with Gasteiger partial charge in [0, 0.05) is 37.9 Å². The first-order valence-electron chi connectivity index (χ1n) is 7.70. The Kier molecular flexibility index (Phi) is 5.88. The van der Waals surface area contributed by atoms with E-state index in [1.165, 1.54) is 22.5 Å². The Labute approximate surface area is 162 Å². The van der Waals surface area contributed by atoms with Crippen LogP contribution in [0.4, 0.5) is 0 Å². The molecule has 1 aromatic carbocycles. The molecule has 0 aliphatic rings. The smallest absolute Gasteiger partial charge is 0.243 e. The predicted molar refractivity (Wildman–Crippen MR) is 101 cm³/mol. The molecule has 2 heterocycles. The maximum atomic E-state index is 13.2. The van der Waals surface area contributed by atoms with Crippen molar-refractivity contribution < 1.29 is 8.42 Å². The van der Waals surface area contributed by atoms with Crippen LogP contribution in [0.3, 0.4) is 0 Å². The lowest BCUT2D eigenvalue weighted by molar-refractivity contribution is 0.400. The third-order valence-electron chi connectivity index (χ3n) is 3.69. The van der Waals surface area contributed by atoms with E-state index in [0.717, 1.165) is 11.1 Å². The second-order valence-electron chi connectivity index (χ2n) is 5.57. The van der Waals surface area contributed by atoms with E-state index >= 15 is 0 Å². The third kappa shape index (κ3) is 4.40. The molecule has 5 nitrogen and oxygen atoms in total. The molecule has 0 bridgehead atoms. The molecule has 0 saturated carbocycles. The third-order valence-corrected chi connectivity index (χ3v) is 6.22. The molecule has 0 aliphatic carbocycles. The van der Waals surface area contributed by atoms with Gasteiger partial charge in [0.25, 0.3) is 0 Å². The minimum Gasteiger partial charge on any atom is -0.264 e. The van der Waals surface area contributed by atoms with E-state index < -0.39 is 10.0 Å². The van der Waals surface area contributed by atoms with Crippen molar-refractivity contribution in [2.45, 2.75) is 18.0 Å². The van der Waals surface area contributed by atoms with Crippen LogP contribution in [-0.4, -0.2) is 22.7 Å². The van der Waals surface area contributed by atoms with Crippen molar-refractivity contribution in [1.29, 1.82) is 0 Å². The number of sulfonamides is 1. The number of hydrogen-bond donors (Lipinski definition) is 0. The predicted octanol–water partition coefficient (Wildman–Crippen LogP) is 4.17. The fourth-order valence-corrected chi connectivity index (χ4v) is 4.21. The van der Waals surface area contributed by atoms with E-state index in [9.17, 15) is 8.42 Å². The molecule has 26 heavy (non-hydrogen) atoms. The number of halogens is 2. The molecule has 0 fully saturated rings. The van der Waals surface area contributed by atoms with Gasteiger partial charge in [0.05, 0.1) is 14.9 Å². The molecule has 0 amide bonds. The van der Waals surface area contributed by atoms with Gasteiger partial charge in [-0.2, -0.15) is 4.31 Å². The van der Waals surface area contributed by atoms with E-state index in [1.807, 2.05) is 12.1 Å². The zero-order chi connectivity index (χ0) is 18.6. The number of benzene rings is 1. The van der Waals surface area contributed by atoms with Crippen molar-refractivity contribution in [3.05, 3.63) is 88.4 Å². The number of pyridine rings is 2. The first-order chi connectivity index (χ1) is 12.5. The summed E-state index contributed by atoms with van der Waals surface area (Å²) < 4.78 is 27.7. The monoisotopic (exact) mass is 407 g/mol. The zero-order valence-electron chi connectivity index (χ0n) is 13.6. The number of hydrogen-bond acceptors (Lipinski definition) is 4. The van der Waals surface area contributed by atoms with Crippen molar-refractivity contribution >= 4 is 33.2 Å². The van der Waals surface area contributed by atoms with E-state index in [4.69, 9.17) is 23.2 Å². The van der Waals surface area contributed by atoms with Crippen LogP contribution in [0.5, 0.6) is 0 Å². The summed E-state index contributed by atoms with van der Waals surface area (Å²) in [6.45, 7) is 0.344. The summed E-state index contributed by atoms with van der Waals surface area (Å²) in [6, 6.07) is 11.5. The highest BCUT2D eigenvalue weighted by molar-refractivity contribution is 7.89. The average Bonchev–Trinajstić information content (AvgIpc) is 2.65. The fraction of sp³-hybridized carbons (Fsp3) is 0.111. The van der Waals surface area contributed by atoms with Crippen LogP contribution in [0.1, 0.15) is 11.1 Å². The minimum atomic E-state index is -3.80. The van der Waals surface area contributed by atoms with Crippen LogP contribution in [0.25, 0.3) is 0 Å². The van der Waals surface area contributed by atoms with Gasteiger partial charge in [0.1, 0.15) is 0 Å². The van der Waals surface area contributed by atoms with E-state index in [0.29, 0.717) is 5.02 Å². The standard InChI is InChI=1S/C18H15Cl2N3O2S/c19-17-6-5-16(9-18(17)20)26(24,25)23(12-14-3-1-7-21-10-14)13-15-4-2-8-22-11-15/h1-11H,12-13H2. The fourth-order valence-electron chi connectivity index (χ4n) is 2.40. The molecule has 3 rings (SSSR count).